The summed E-state index contributed by atoms with van der Waals surface area (Å²) < 4.78 is 6.96. The van der Waals surface area contributed by atoms with Crippen LogP contribution in [0.15, 0.2) is 42.7 Å². The van der Waals surface area contributed by atoms with Gasteiger partial charge in [0.15, 0.2) is 6.04 Å². The predicted molar refractivity (Wildman–Crippen MR) is 91.9 cm³/mol. The minimum absolute atomic E-state index is 0.0868. The Morgan fingerprint density at radius 2 is 1.96 bits per heavy atom. The van der Waals surface area contributed by atoms with Gasteiger partial charge < -0.3 is 9.84 Å². The molecule has 1 unspecified atom stereocenters. The Morgan fingerprint density at radius 1 is 1.28 bits per heavy atom. The number of carboxylic acid groups (broad SMARTS) is 1. The molecule has 2 aromatic rings. The summed E-state index contributed by atoms with van der Waals surface area (Å²) in [4.78, 5) is 25.6. The molecule has 0 saturated carbocycles. The first-order chi connectivity index (χ1) is 11.9. The smallest absolute Gasteiger partial charge is 0.411 e. The van der Waals surface area contributed by atoms with Gasteiger partial charge in [0.05, 0.1) is 6.20 Å². The Bertz CT molecular complexity index is 712. The van der Waals surface area contributed by atoms with Crippen molar-refractivity contribution in [1.29, 1.82) is 0 Å². The van der Waals surface area contributed by atoms with Crippen molar-refractivity contribution in [2.24, 2.45) is 0 Å². The van der Waals surface area contributed by atoms with Gasteiger partial charge in [-0.3, -0.25) is 9.58 Å². The van der Waals surface area contributed by atoms with Gasteiger partial charge in [-0.2, -0.15) is 5.10 Å². The molecular weight excluding hydrogens is 322 g/mol. The van der Waals surface area contributed by atoms with E-state index in [9.17, 15) is 14.7 Å². The zero-order chi connectivity index (χ0) is 18.4. The van der Waals surface area contributed by atoms with Crippen molar-refractivity contribution in [3.05, 3.63) is 53.9 Å². The van der Waals surface area contributed by atoms with Gasteiger partial charge in [0.2, 0.25) is 0 Å². The number of aryl methyl sites for hydroxylation is 1. The van der Waals surface area contributed by atoms with Crippen LogP contribution < -0.4 is 0 Å². The minimum Gasteiger partial charge on any atom is -0.479 e. The van der Waals surface area contributed by atoms with E-state index in [-0.39, 0.29) is 12.6 Å². The number of aliphatic carboxylic acids is 1. The summed E-state index contributed by atoms with van der Waals surface area (Å²) in [6.45, 7) is 6.12. The lowest BCUT2D eigenvalue weighted by atomic mass is 10.1. The van der Waals surface area contributed by atoms with Crippen molar-refractivity contribution in [3.8, 4) is 0 Å². The zero-order valence-corrected chi connectivity index (χ0v) is 14.6. The summed E-state index contributed by atoms with van der Waals surface area (Å²) in [7, 11) is 0. The maximum Gasteiger partial charge on any atom is 0.411 e. The molecule has 0 aliphatic rings. The standard InChI is InChI=1S/C18H23N3O4/c1-4-20-11-15(10-19-20)16(17(22)23)21(13(2)3)18(24)25-12-14-8-6-5-7-9-14/h5-11,13,16H,4,12H2,1-3H3,(H,22,23). The van der Waals surface area contributed by atoms with Crippen LogP contribution in [0.5, 0.6) is 0 Å². The van der Waals surface area contributed by atoms with Crippen LogP contribution in [0.4, 0.5) is 4.79 Å². The van der Waals surface area contributed by atoms with Crippen molar-refractivity contribution in [2.75, 3.05) is 0 Å². The fraction of sp³-hybridized carbons (Fsp3) is 0.389. The van der Waals surface area contributed by atoms with E-state index in [4.69, 9.17) is 4.74 Å². The normalized spacial score (nSPS) is 12.0. The molecule has 1 aromatic heterocycles. The minimum atomic E-state index is -1.15. The molecule has 1 atom stereocenters. The number of ether oxygens (including phenoxy) is 1. The van der Waals surface area contributed by atoms with Crippen LogP contribution >= 0.6 is 0 Å². The topological polar surface area (TPSA) is 84.7 Å². The number of hydrogen-bond acceptors (Lipinski definition) is 4. The third-order valence-corrected chi connectivity index (χ3v) is 3.78. The Kier molecular flexibility index (Phi) is 6.16. The summed E-state index contributed by atoms with van der Waals surface area (Å²) in [6.07, 6.45) is 2.44. The maximum absolute atomic E-state index is 12.6. The van der Waals surface area contributed by atoms with E-state index in [0.29, 0.717) is 12.1 Å². The summed E-state index contributed by atoms with van der Waals surface area (Å²) in [5.41, 5.74) is 1.28. The van der Waals surface area contributed by atoms with Crippen molar-refractivity contribution < 1.29 is 19.4 Å². The molecule has 0 aliphatic heterocycles. The Labute approximate surface area is 146 Å². The molecule has 134 valence electrons. The molecule has 1 N–H and O–H groups in total. The number of hydrogen-bond donors (Lipinski definition) is 1. The maximum atomic E-state index is 12.6. The zero-order valence-electron chi connectivity index (χ0n) is 14.6. The van der Waals surface area contributed by atoms with E-state index < -0.39 is 18.1 Å². The molecule has 0 saturated heterocycles. The summed E-state index contributed by atoms with van der Waals surface area (Å²) in [6, 6.07) is 7.75. The van der Waals surface area contributed by atoms with Crippen molar-refractivity contribution >= 4 is 12.1 Å². The number of amides is 1. The van der Waals surface area contributed by atoms with Gasteiger partial charge in [0, 0.05) is 24.3 Å². The lowest BCUT2D eigenvalue weighted by molar-refractivity contribution is -0.143. The molecule has 0 aliphatic carbocycles. The second kappa shape index (κ2) is 8.32. The molecule has 2 rings (SSSR count). The number of nitrogens with zero attached hydrogens (tertiary/aromatic N) is 3. The SMILES string of the molecule is CCn1cc(C(C(=O)O)N(C(=O)OCc2ccccc2)C(C)C)cn1. The van der Waals surface area contributed by atoms with Gasteiger partial charge >= 0.3 is 12.1 Å². The Morgan fingerprint density at radius 3 is 2.48 bits per heavy atom. The van der Waals surface area contributed by atoms with Crippen molar-refractivity contribution in [1.82, 2.24) is 14.7 Å². The highest BCUT2D eigenvalue weighted by molar-refractivity contribution is 5.81. The second-order valence-electron chi connectivity index (χ2n) is 5.91. The summed E-state index contributed by atoms with van der Waals surface area (Å²) in [5, 5.41) is 13.8. The molecule has 25 heavy (non-hydrogen) atoms. The van der Waals surface area contributed by atoms with Crippen LogP contribution in [0, 0.1) is 0 Å². The van der Waals surface area contributed by atoms with E-state index in [1.165, 1.54) is 11.1 Å². The predicted octanol–water partition coefficient (Wildman–Crippen LogP) is 3.08. The number of benzene rings is 1. The van der Waals surface area contributed by atoms with E-state index >= 15 is 0 Å². The molecule has 0 bridgehead atoms. The van der Waals surface area contributed by atoms with Crippen molar-refractivity contribution in [2.45, 2.75) is 46.0 Å². The van der Waals surface area contributed by atoms with Gasteiger partial charge in [-0.05, 0) is 26.3 Å². The molecule has 0 fully saturated rings. The fourth-order valence-corrected chi connectivity index (χ4v) is 2.52. The highest BCUT2D eigenvalue weighted by Crippen LogP contribution is 2.24. The highest BCUT2D eigenvalue weighted by Gasteiger charge is 2.35. The first-order valence-corrected chi connectivity index (χ1v) is 8.18. The number of aromatic nitrogens is 2. The molecular formula is C18H23N3O4. The number of rotatable bonds is 7. The summed E-state index contributed by atoms with van der Waals surface area (Å²) in [5.74, 6) is -1.12. The van der Waals surface area contributed by atoms with Crippen LogP contribution in [0.25, 0.3) is 0 Å². The molecule has 0 radical (unpaired) electrons. The average Bonchev–Trinajstić information content (AvgIpc) is 3.06. The van der Waals surface area contributed by atoms with Gasteiger partial charge in [0.1, 0.15) is 6.61 Å². The van der Waals surface area contributed by atoms with E-state index in [1.807, 2.05) is 37.3 Å². The molecule has 1 heterocycles. The molecule has 1 amide bonds. The van der Waals surface area contributed by atoms with Crippen LogP contribution in [0.2, 0.25) is 0 Å². The van der Waals surface area contributed by atoms with Crippen LogP contribution in [-0.4, -0.2) is 37.9 Å². The first kappa shape index (κ1) is 18.5. The van der Waals surface area contributed by atoms with Crippen LogP contribution in [-0.2, 0) is 22.7 Å². The fourth-order valence-electron chi connectivity index (χ4n) is 2.52. The first-order valence-electron chi connectivity index (χ1n) is 8.18. The van der Waals surface area contributed by atoms with E-state index in [2.05, 4.69) is 5.10 Å². The number of carbonyl (C=O) groups excluding carboxylic acids is 1. The van der Waals surface area contributed by atoms with Gasteiger partial charge in [-0.15, -0.1) is 0 Å². The van der Waals surface area contributed by atoms with Gasteiger partial charge in [-0.25, -0.2) is 9.59 Å². The molecule has 7 heteroatoms. The average molecular weight is 345 g/mol. The van der Waals surface area contributed by atoms with Gasteiger partial charge in [-0.1, -0.05) is 30.3 Å². The van der Waals surface area contributed by atoms with E-state index in [1.54, 1.807) is 24.7 Å². The third kappa shape index (κ3) is 4.59. The lowest BCUT2D eigenvalue weighted by Gasteiger charge is -2.31. The monoisotopic (exact) mass is 345 g/mol. The molecule has 1 aromatic carbocycles. The Balaban J connectivity index is 2.20. The highest BCUT2D eigenvalue weighted by atomic mass is 16.6. The van der Waals surface area contributed by atoms with E-state index in [0.717, 1.165) is 5.56 Å². The van der Waals surface area contributed by atoms with Crippen LogP contribution in [0.1, 0.15) is 37.9 Å². The van der Waals surface area contributed by atoms with Crippen molar-refractivity contribution in [3.63, 3.8) is 0 Å². The summed E-state index contributed by atoms with van der Waals surface area (Å²) >= 11 is 0. The van der Waals surface area contributed by atoms with Crippen LogP contribution in [0.3, 0.4) is 0 Å². The lowest BCUT2D eigenvalue weighted by Crippen LogP contribution is -2.43. The van der Waals surface area contributed by atoms with Gasteiger partial charge in [0.25, 0.3) is 0 Å². The number of carbonyl (C=O) groups is 2. The molecule has 0 spiro atoms. The second-order valence-corrected chi connectivity index (χ2v) is 5.91. The molecule has 7 nitrogen and oxygen atoms in total. The quantitative estimate of drug-likeness (QED) is 0.833. The third-order valence-electron chi connectivity index (χ3n) is 3.78. The number of carboxylic acids is 1. The largest absolute Gasteiger partial charge is 0.479 e. The Hall–Kier alpha value is -2.83.